The van der Waals surface area contributed by atoms with Crippen molar-refractivity contribution in [2.24, 2.45) is 5.92 Å². The first kappa shape index (κ1) is 16.0. The monoisotopic (exact) mass is 314 g/mol. The number of likely N-dealkylation sites (tertiary alicyclic amines) is 1. The number of anilines is 1. The molecule has 0 saturated carbocycles. The van der Waals surface area contributed by atoms with E-state index >= 15 is 0 Å². The summed E-state index contributed by atoms with van der Waals surface area (Å²) in [6.07, 6.45) is 1.11. The molecule has 1 aliphatic rings. The SMILES string of the molecule is CC(C)CN1CCC(c2nnc(-c3ccc(N(C)C)cc3)o2)C1. The van der Waals surface area contributed by atoms with E-state index in [2.05, 4.69) is 46.0 Å². The molecule has 0 spiro atoms. The molecule has 1 aromatic carbocycles. The first-order valence-electron chi connectivity index (χ1n) is 8.36. The van der Waals surface area contributed by atoms with Crippen LogP contribution in [0.5, 0.6) is 0 Å². The summed E-state index contributed by atoms with van der Waals surface area (Å²) in [4.78, 5) is 4.57. The minimum Gasteiger partial charge on any atom is -0.420 e. The van der Waals surface area contributed by atoms with Crippen molar-refractivity contribution in [3.63, 3.8) is 0 Å². The highest BCUT2D eigenvalue weighted by molar-refractivity contribution is 5.58. The van der Waals surface area contributed by atoms with Gasteiger partial charge >= 0.3 is 0 Å². The maximum absolute atomic E-state index is 5.94. The third-order valence-electron chi connectivity index (χ3n) is 4.32. The lowest BCUT2D eigenvalue weighted by atomic mass is 10.1. The first-order valence-corrected chi connectivity index (χ1v) is 8.36. The molecule has 5 heteroatoms. The van der Waals surface area contributed by atoms with E-state index in [0.29, 0.717) is 17.7 Å². The molecule has 3 rings (SSSR count). The van der Waals surface area contributed by atoms with E-state index in [9.17, 15) is 0 Å². The van der Waals surface area contributed by atoms with E-state index < -0.39 is 0 Å². The first-order chi connectivity index (χ1) is 11.0. The van der Waals surface area contributed by atoms with Crippen LogP contribution in [-0.4, -0.2) is 48.8 Å². The molecule has 0 aliphatic carbocycles. The third-order valence-corrected chi connectivity index (χ3v) is 4.32. The molecule has 1 aromatic heterocycles. The van der Waals surface area contributed by atoms with E-state index in [1.54, 1.807) is 0 Å². The zero-order valence-corrected chi connectivity index (χ0v) is 14.5. The van der Waals surface area contributed by atoms with Gasteiger partial charge in [0.25, 0.3) is 0 Å². The second kappa shape index (κ2) is 6.71. The predicted octanol–water partition coefficient (Wildman–Crippen LogP) is 3.25. The van der Waals surface area contributed by atoms with Crippen molar-refractivity contribution < 1.29 is 4.42 Å². The lowest BCUT2D eigenvalue weighted by Gasteiger charge is -2.17. The summed E-state index contributed by atoms with van der Waals surface area (Å²) in [5.74, 6) is 2.47. The molecule has 2 aromatic rings. The van der Waals surface area contributed by atoms with Gasteiger partial charge in [-0.1, -0.05) is 13.8 Å². The van der Waals surface area contributed by atoms with Gasteiger partial charge in [-0.15, -0.1) is 10.2 Å². The highest BCUT2D eigenvalue weighted by atomic mass is 16.4. The normalized spacial score (nSPS) is 18.7. The van der Waals surface area contributed by atoms with Crippen LogP contribution in [0.15, 0.2) is 28.7 Å². The maximum Gasteiger partial charge on any atom is 0.247 e. The van der Waals surface area contributed by atoms with E-state index in [1.165, 1.54) is 0 Å². The van der Waals surface area contributed by atoms with Crippen LogP contribution in [-0.2, 0) is 0 Å². The predicted molar refractivity (Wildman–Crippen MR) is 92.7 cm³/mol. The molecule has 1 saturated heterocycles. The van der Waals surface area contributed by atoms with Gasteiger partial charge in [0, 0.05) is 38.4 Å². The van der Waals surface area contributed by atoms with E-state index in [4.69, 9.17) is 4.42 Å². The van der Waals surface area contributed by atoms with Gasteiger partial charge in [-0.2, -0.15) is 0 Å². The number of hydrogen-bond acceptors (Lipinski definition) is 5. The van der Waals surface area contributed by atoms with E-state index in [-0.39, 0.29) is 0 Å². The second-order valence-corrected chi connectivity index (χ2v) is 7.03. The molecule has 1 fully saturated rings. The lowest BCUT2D eigenvalue weighted by molar-refractivity contribution is 0.290. The Balaban J connectivity index is 1.69. The van der Waals surface area contributed by atoms with Gasteiger partial charge in [-0.25, -0.2) is 0 Å². The summed E-state index contributed by atoms with van der Waals surface area (Å²) in [5, 5.41) is 8.53. The quantitative estimate of drug-likeness (QED) is 0.848. The Morgan fingerprint density at radius 2 is 1.96 bits per heavy atom. The minimum atomic E-state index is 0.371. The Morgan fingerprint density at radius 3 is 2.61 bits per heavy atom. The van der Waals surface area contributed by atoms with Crippen LogP contribution >= 0.6 is 0 Å². The Hall–Kier alpha value is -1.88. The zero-order valence-electron chi connectivity index (χ0n) is 14.5. The van der Waals surface area contributed by atoms with Gasteiger partial charge in [0.2, 0.25) is 11.8 Å². The van der Waals surface area contributed by atoms with Crippen LogP contribution in [0.25, 0.3) is 11.5 Å². The number of nitrogens with zero attached hydrogens (tertiary/aromatic N) is 4. The fourth-order valence-electron chi connectivity index (χ4n) is 3.13. The molecule has 23 heavy (non-hydrogen) atoms. The number of aromatic nitrogens is 2. The molecule has 1 atom stereocenters. The van der Waals surface area contributed by atoms with Crippen LogP contribution in [0.4, 0.5) is 5.69 Å². The molecule has 0 N–H and O–H groups in total. The Labute approximate surface area is 138 Å². The molecular weight excluding hydrogens is 288 g/mol. The van der Waals surface area contributed by atoms with Gasteiger partial charge in [0.05, 0.1) is 5.92 Å². The molecule has 1 aliphatic heterocycles. The maximum atomic E-state index is 5.94. The zero-order chi connectivity index (χ0) is 16.4. The fourth-order valence-corrected chi connectivity index (χ4v) is 3.13. The van der Waals surface area contributed by atoms with Crippen LogP contribution < -0.4 is 4.90 Å². The summed E-state index contributed by atoms with van der Waals surface area (Å²) in [6.45, 7) is 7.81. The molecule has 5 nitrogen and oxygen atoms in total. The van der Waals surface area contributed by atoms with E-state index in [1.807, 2.05) is 26.2 Å². The fraction of sp³-hybridized carbons (Fsp3) is 0.556. The van der Waals surface area contributed by atoms with Crippen molar-refractivity contribution in [3.05, 3.63) is 30.2 Å². The van der Waals surface area contributed by atoms with Crippen molar-refractivity contribution in [1.29, 1.82) is 0 Å². The summed E-state index contributed by atoms with van der Waals surface area (Å²) < 4.78 is 5.94. The van der Waals surface area contributed by atoms with Gasteiger partial charge in [-0.05, 0) is 43.1 Å². The molecular formula is C18H26N4O. The molecule has 0 bridgehead atoms. The summed E-state index contributed by atoms with van der Waals surface area (Å²) in [6, 6.07) is 8.21. The molecule has 124 valence electrons. The smallest absolute Gasteiger partial charge is 0.247 e. The van der Waals surface area contributed by atoms with Crippen LogP contribution in [0.2, 0.25) is 0 Å². The largest absolute Gasteiger partial charge is 0.420 e. The standard InChI is InChI=1S/C18H26N4O/c1-13(2)11-22-10-9-15(12-22)18-20-19-17(23-18)14-5-7-16(8-6-14)21(3)4/h5-8,13,15H,9-12H2,1-4H3. The molecule has 0 radical (unpaired) electrons. The highest BCUT2D eigenvalue weighted by Gasteiger charge is 2.28. The summed E-state index contributed by atoms with van der Waals surface area (Å²) in [5.41, 5.74) is 2.14. The van der Waals surface area contributed by atoms with Crippen LogP contribution in [0.3, 0.4) is 0 Å². The number of benzene rings is 1. The van der Waals surface area contributed by atoms with Crippen molar-refractivity contribution in [3.8, 4) is 11.5 Å². The van der Waals surface area contributed by atoms with Crippen molar-refractivity contribution in [2.45, 2.75) is 26.2 Å². The molecule has 0 amide bonds. The van der Waals surface area contributed by atoms with Gasteiger partial charge in [-0.3, -0.25) is 0 Å². The average Bonchev–Trinajstić information content (AvgIpc) is 3.15. The van der Waals surface area contributed by atoms with Crippen molar-refractivity contribution in [1.82, 2.24) is 15.1 Å². The number of rotatable bonds is 5. The second-order valence-electron chi connectivity index (χ2n) is 7.03. The number of hydrogen-bond donors (Lipinski definition) is 0. The lowest BCUT2D eigenvalue weighted by Crippen LogP contribution is -2.24. The molecule has 1 unspecified atom stereocenters. The average molecular weight is 314 g/mol. The Morgan fingerprint density at radius 1 is 1.22 bits per heavy atom. The van der Waals surface area contributed by atoms with Gasteiger partial charge < -0.3 is 14.2 Å². The van der Waals surface area contributed by atoms with Gasteiger partial charge in [0.1, 0.15) is 0 Å². The van der Waals surface area contributed by atoms with Crippen molar-refractivity contribution in [2.75, 3.05) is 38.6 Å². The topological polar surface area (TPSA) is 45.4 Å². The van der Waals surface area contributed by atoms with Crippen molar-refractivity contribution >= 4 is 5.69 Å². The molecule has 2 heterocycles. The third kappa shape index (κ3) is 3.72. The van der Waals surface area contributed by atoms with Crippen LogP contribution in [0, 0.1) is 5.92 Å². The highest BCUT2D eigenvalue weighted by Crippen LogP contribution is 2.29. The van der Waals surface area contributed by atoms with Gasteiger partial charge in [0.15, 0.2) is 0 Å². The van der Waals surface area contributed by atoms with Crippen LogP contribution in [0.1, 0.15) is 32.1 Å². The summed E-state index contributed by atoms with van der Waals surface area (Å²) >= 11 is 0. The summed E-state index contributed by atoms with van der Waals surface area (Å²) in [7, 11) is 4.06. The Bertz CT molecular complexity index is 633. The minimum absolute atomic E-state index is 0.371. The Kier molecular flexibility index (Phi) is 4.66. The van der Waals surface area contributed by atoms with E-state index in [0.717, 1.165) is 43.2 Å².